The molecule has 0 aliphatic carbocycles. The Morgan fingerprint density at radius 1 is 1.24 bits per heavy atom. The summed E-state index contributed by atoms with van der Waals surface area (Å²) in [5, 5.41) is 0.399. The standard InChI is InChI=1S/C11H8Cl3NO2/c12-7-2-8(13)4-9(3-7)15-5-6(11(14)17)1-10(15)16/h2-4,6H,1,5H2/t6-/m0/s1. The van der Waals surface area contributed by atoms with E-state index in [1.54, 1.807) is 18.2 Å². The van der Waals surface area contributed by atoms with E-state index in [9.17, 15) is 9.59 Å². The zero-order valence-electron chi connectivity index (χ0n) is 8.62. The molecule has 1 fully saturated rings. The second kappa shape index (κ2) is 4.84. The van der Waals surface area contributed by atoms with E-state index in [1.807, 2.05) is 0 Å². The summed E-state index contributed by atoms with van der Waals surface area (Å²) in [6.07, 6.45) is 0.131. The zero-order chi connectivity index (χ0) is 12.6. The molecule has 0 radical (unpaired) electrons. The van der Waals surface area contributed by atoms with E-state index in [-0.39, 0.29) is 18.9 Å². The average molecular weight is 293 g/mol. The zero-order valence-corrected chi connectivity index (χ0v) is 10.9. The molecule has 1 saturated heterocycles. The van der Waals surface area contributed by atoms with Crippen LogP contribution in [0.2, 0.25) is 10.0 Å². The van der Waals surface area contributed by atoms with Gasteiger partial charge < -0.3 is 4.90 Å². The third kappa shape index (κ3) is 2.73. The van der Waals surface area contributed by atoms with Crippen molar-refractivity contribution in [3.05, 3.63) is 28.2 Å². The van der Waals surface area contributed by atoms with Crippen molar-refractivity contribution in [3.63, 3.8) is 0 Å². The molecule has 1 aromatic carbocycles. The van der Waals surface area contributed by atoms with Crippen LogP contribution in [0.1, 0.15) is 6.42 Å². The van der Waals surface area contributed by atoms with E-state index in [0.29, 0.717) is 15.7 Å². The van der Waals surface area contributed by atoms with Gasteiger partial charge in [0.1, 0.15) is 0 Å². The van der Waals surface area contributed by atoms with Gasteiger partial charge in [-0.05, 0) is 29.8 Å². The van der Waals surface area contributed by atoms with Gasteiger partial charge in [0.25, 0.3) is 0 Å². The van der Waals surface area contributed by atoms with Crippen LogP contribution in [-0.4, -0.2) is 17.7 Å². The van der Waals surface area contributed by atoms with E-state index < -0.39 is 11.2 Å². The highest BCUT2D eigenvalue weighted by atomic mass is 35.5. The van der Waals surface area contributed by atoms with Crippen LogP contribution in [0.5, 0.6) is 0 Å². The lowest BCUT2D eigenvalue weighted by Crippen LogP contribution is -2.25. The summed E-state index contributed by atoms with van der Waals surface area (Å²) >= 11 is 17.1. The van der Waals surface area contributed by atoms with Crippen molar-refractivity contribution in [3.8, 4) is 0 Å². The Hall–Kier alpha value is -0.770. The molecule has 0 saturated carbocycles. The SMILES string of the molecule is O=C(Cl)[C@H]1CC(=O)N(c2cc(Cl)cc(Cl)c2)C1. The minimum absolute atomic E-state index is 0.131. The molecule has 1 atom stereocenters. The highest BCUT2D eigenvalue weighted by molar-refractivity contribution is 6.64. The Labute approximate surface area is 113 Å². The van der Waals surface area contributed by atoms with Gasteiger partial charge in [-0.2, -0.15) is 0 Å². The summed E-state index contributed by atoms with van der Waals surface area (Å²) in [6, 6.07) is 4.84. The molecule has 17 heavy (non-hydrogen) atoms. The van der Waals surface area contributed by atoms with Crippen molar-refractivity contribution < 1.29 is 9.59 Å². The summed E-state index contributed by atoms with van der Waals surface area (Å²) in [7, 11) is 0. The summed E-state index contributed by atoms with van der Waals surface area (Å²) in [6.45, 7) is 0.276. The molecule has 90 valence electrons. The number of rotatable bonds is 2. The lowest BCUT2D eigenvalue weighted by Gasteiger charge is -2.16. The minimum Gasteiger partial charge on any atom is -0.312 e. The predicted octanol–water partition coefficient (Wildman–Crippen LogP) is 3.11. The third-order valence-electron chi connectivity index (χ3n) is 2.60. The van der Waals surface area contributed by atoms with Gasteiger partial charge in [0.15, 0.2) is 0 Å². The molecule has 0 bridgehead atoms. The van der Waals surface area contributed by atoms with Crippen LogP contribution >= 0.6 is 34.8 Å². The predicted molar refractivity (Wildman–Crippen MR) is 67.8 cm³/mol. The Morgan fingerprint density at radius 3 is 2.29 bits per heavy atom. The number of amides is 1. The van der Waals surface area contributed by atoms with Crippen LogP contribution < -0.4 is 4.90 Å². The van der Waals surface area contributed by atoms with E-state index in [2.05, 4.69) is 0 Å². The van der Waals surface area contributed by atoms with Gasteiger partial charge in [0.2, 0.25) is 11.1 Å². The van der Waals surface area contributed by atoms with Gasteiger partial charge in [-0.25, -0.2) is 0 Å². The minimum atomic E-state index is -0.492. The van der Waals surface area contributed by atoms with Crippen LogP contribution in [0, 0.1) is 5.92 Å². The molecular weight excluding hydrogens is 284 g/mol. The smallest absolute Gasteiger partial charge is 0.227 e. The molecule has 1 aromatic rings. The summed E-state index contributed by atoms with van der Waals surface area (Å²) in [5.74, 6) is -0.607. The topological polar surface area (TPSA) is 37.4 Å². The number of halogens is 3. The van der Waals surface area contributed by atoms with Crippen LogP contribution in [0.3, 0.4) is 0 Å². The molecule has 6 heteroatoms. The molecule has 1 aliphatic rings. The fraction of sp³-hybridized carbons (Fsp3) is 0.273. The number of anilines is 1. The van der Waals surface area contributed by atoms with Crippen LogP contribution in [0.25, 0.3) is 0 Å². The number of hydrogen-bond acceptors (Lipinski definition) is 2. The maximum Gasteiger partial charge on any atom is 0.227 e. The fourth-order valence-electron chi connectivity index (χ4n) is 1.80. The van der Waals surface area contributed by atoms with Gasteiger partial charge in [0, 0.05) is 28.7 Å². The molecule has 2 rings (SSSR count). The van der Waals surface area contributed by atoms with Crippen molar-refractivity contribution >= 4 is 51.6 Å². The quantitative estimate of drug-likeness (QED) is 0.785. The monoisotopic (exact) mass is 291 g/mol. The van der Waals surface area contributed by atoms with Gasteiger partial charge in [-0.3, -0.25) is 9.59 Å². The largest absolute Gasteiger partial charge is 0.312 e. The van der Waals surface area contributed by atoms with Crippen molar-refractivity contribution in [2.24, 2.45) is 5.92 Å². The molecule has 3 nitrogen and oxygen atoms in total. The van der Waals surface area contributed by atoms with Crippen molar-refractivity contribution in [2.45, 2.75) is 6.42 Å². The Balaban J connectivity index is 2.28. The second-order valence-corrected chi connectivity index (χ2v) is 5.08. The Kier molecular flexibility index (Phi) is 3.61. The third-order valence-corrected chi connectivity index (χ3v) is 3.35. The van der Waals surface area contributed by atoms with E-state index in [4.69, 9.17) is 34.8 Å². The molecule has 1 aliphatic heterocycles. The Morgan fingerprint density at radius 2 is 1.82 bits per heavy atom. The van der Waals surface area contributed by atoms with Crippen LogP contribution in [0.4, 0.5) is 5.69 Å². The lowest BCUT2D eigenvalue weighted by molar-refractivity contribution is -0.120. The lowest BCUT2D eigenvalue weighted by atomic mass is 10.1. The average Bonchev–Trinajstić information content (AvgIpc) is 2.59. The first kappa shape index (κ1) is 12.7. The van der Waals surface area contributed by atoms with Crippen LogP contribution in [-0.2, 0) is 9.59 Å². The van der Waals surface area contributed by atoms with E-state index >= 15 is 0 Å². The molecule has 0 N–H and O–H groups in total. The summed E-state index contributed by atoms with van der Waals surface area (Å²) in [4.78, 5) is 24.3. The molecule has 1 amide bonds. The summed E-state index contributed by atoms with van der Waals surface area (Å²) < 4.78 is 0. The normalized spacial score (nSPS) is 19.8. The molecular formula is C11H8Cl3NO2. The van der Waals surface area contributed by atoms with E-state index in [0.717, 1.165) is 0 Å². The first-order valence-corrected chi connectivity index (χ1v) is 6.06. The molecule has 1 heterocycles. The maximum atomic E-state index is 11.7. The van der Waals surface area contributed by atoms with Crippen LogP contribution in [0.15, 0.2) is 18.2 Å². The van der Waals surface area contributed by atoms with Crippen molar-refractivity contribution in [2.75, 3.05) is 11.4 Å². The van der Waals surface area contributed by atoms with E-state index in [1.165, 1.54) is 4.90 Å². The molecule has 0 aromatic heterocycles. The van der Waals surface area contributed by atoms with Crippen molar-refractivity contribution in [1.29, 1.82) is 0 Å². The van der Waals surface area contributed by atoms with Gasteiger partial charge in [-0.1, -0.05) is 23.2 Å². The fourth-order valence-corrected chi connectivity index (χ4v) is 2.46. The second-order valence-electron chi connectivity index (χ2n) is 3.84. The Bertz CT molecular complexity index is 469. The van der Waals surface area contributed by atoms with Crippen molar-refractivity contribution in [1.82, 2.24) is 0 Å². The molecule has 0 spiro atoms. The highest BCUT2D eigenvalue weighted by Gasteiger charge is 2.34. The number of carbonyl (C=O) groups excluding carboxylic acids is 2. The first-order chi connectivity index (χ1) is 7.97. The number of carbonyl (C=O) groups is 2. The number of benzene rings is 1. The molecule has 0 unspecified atom stereocenters. The van der Waals surface area contributed by atoms with Gasteiger partial charge in [0.05, 0.1) is 5.92 Å². The first-order valence-electron chi connectivity index (χ1n) is 4.93. The van der Waals surface area contributed by atoms with Gasteiger partial charge >= 0.3 is 0 Å². The maximum absolute atomic E-state index is 11.7. The summed E-state index contributed by atoms with van der Waals surface area (Å²) in [5.41, 5.74) is 0.591. The number of hydrogen-bond donors (Lipinski definition) is 0. The number of nitrogens with zero attached hydrogens (tertiary/aromatic N) is 1. The highest BCUT2D eigenvalue weighted by Crippen LogP contribution is 2.30. The van der Waals surface area contributed by atoms with Gasteiger partial charge in [-0.15, -0.1) is 0 Å².